The molecule has 1 heterocycles. The number of ether oxygens (including phenoxy) is 1. The predicted molar refractivity (Wildman–Crippen MR) is 156 cm³/mol. The van der Waals surface area contributed by atoms with E-state index in [1.165, 1.54) is 0 Å². The molecule has 0 saturated carbocycles. The smallest absolute Gasteiger partial charge is 0.240 e. The number of isocyanates is 2. The molecule has 6 aromatic rings. The summed E-state index contributed by atoms with van der Waals surface area (Å²) in [6.45, 7) is 0. The molecule has 1 aliphatic rings. The molecule has 0 radical (unpaired) electrons. The summed E-state index contributed by atoms with van der Waals surface area (Å²) in [6, 6.07) is 38.3. The second-order valence-electron chi connectivity index (χ2n) is 9.69. The molecule has 0 unspecified atom stereocenters. The number of nitrogens with zero attached hydrogens (tertiary/aromatic N) is 2. The van der Waals surface area contributed by atoms with E-state index in [2.05, 4.69) is 46.4 Å². The number of benzene rings is 6. The van der Waals surface area contributed by atoms with E-state index in [0.29, 0.717) is 11.4 Å². The number of fused-ring (bicyclic) bond motifs is 6. The molecule has 7 rings (SSSR count). The molecule has 0 bridgehead atoms. The molecular weight excluding hydrogens is 496 g/mol. The third-order valence-corrected chi connectivity index (χ3v) is 7.51. The van der Waals surface area contributed by atoms with Gasteiger partial charge in [-0.2, -0.15) is 9.98 Å². The van der Waals surface area contributed by atoms with Crippen LogP contribution in [0, 0.1) is 0 Å². The molecule has 0 spiro atoms. The SMILES string of the molecule is O=C=Nc1ccc2c3c(ccc2c1)Oc1ccc2cc(N=C=O)ccc2c1C3c1ccc(-c2ccccc2)cc1. The van der Waals surface area contributed by atoms with Gasteiger partial charge in [0.15, 0.2) is 0 Å². The van der Waals surface area contributed by atoms with Crippen LogP contribution in [0.5, 0.6) is 11.5 Å². The number of hydrogen-bond donors (Lipinski definition) is 0. The van der Waals surface area contributed by atoms with Crippen molar-refractivity contribution in [1.29, 1.82) is 0 Å². The van der Waals surface area contributed by atoms with Crippen molar-refractivity contribution in [1.82, 2.24) is 0 Å². The Balaban J connectivity index is 1.49. The molecule has 0 amide bonds. The standard InChI is InChI=1S/C35H20N2O3/c38-20-36-27-12-14-29-25(18-27)10-16-31-34(29)33(24-8-6-23(7-9-24)22-4-2-1-3-5-22)35-30-15-13-28(37-21-39)19-26(30)11-17-32(35)40-31/h1-19,33H. The van der Waals surface area contributed by atoms with E-state index >= 15 is 0 Å². The summed E-state index contributed by atoms with van der Waals surface area (Å²) in [6.07, 6.45) is 3.26. The molecule has 0 N–H and O–H groups in total. The number of carbonyl (C=O) groups excluding carboxylic acids is 2. The number of rotatable bonds is 4. The highest BCUT2D eigenvalue weighted by atomic mass is 16.5. The fraction of sp³-hybridized carbons (Fsp3) is 0.0286. The lowest BCUT2D eigenvalue weighted by atomic mass is 9.78. The van der Waals surface area contributed by atoms with E-state index in [4.69, 9.17) is 4.74 Å². The van der Waals surface area contributed by atoms with Gasteiger partial charge in [-0.3, -0.25) is 0 Å². The van der Waals surface area contributed by atoms with Gasteiger partial charge < -0.3 is 4.74 Å². The first-order valence-electron chi connectivity index (χ1n) is 12.9. The van der Waals surface area contributed by atoms with E-state index < -0.39 is 0 Å². The fourth-order valence-corrected chi connectivity index (χ4v) is 5.76. The first kappa shape index (κ1) is 23.5. The summed E-state index contributed by atoms with van der Waals surface area (Å²) in [7, 11) is 0. The molecule has 0 saturated heterocycles. The molecule has 0 fully saturated rings. The van der Waals surface area contributed by atoms with Crippen LogP contribution in [0.2, 0.25) is 0 Å². The van der Waals surface area contributed by atoms with Crippen LogP contribution in [0.3, 0.4) is 0 Å². The van der Waals surface area contributed by atoms with Gasteiger partial charge in [0.25, 0.3) is 0 Å². The Morgan fingerprint density at radius 2 is 1.07 bits per heavy atom. The topological polar surface area (TPSA) is 68.1 Å². The van der Waals surface area contributed by atoms with Gasteiger partial charge in [0.05, 0.1) is 11.4 Å². The van der Waals surface area contributed by atoms with Crippen LogP contribution in [-0.2, 0) is 9.59 Å². The molecule has 188 valence electrons. The molecule has 6 aromatic carbocycles. The van der Waals surface area contributed by atoms with Crippen LogP contribution in [0.4, 0.5) is 11.4 Å². The summed E-state index contributed by atoms with van der Waals surface area (Å²) in [5, 5.41) is 3.95. The maximum absolute atomic E-state index is 10.9. The van der Waals surface area contributed by atoms with E-state index in [9.17, 15) is 9.59 Å². The molecular formula is C35H20N2O3. The zero-order valence-electron chi connectivity index (χ0n) is 21.2. The minimum Gasteiger partial charge on any atom is -0.457 e. The van der Waals surface area contributed by atoms with Crippen LogP contribution >= 0.6 is 0 Å². The highest BCUT2D eigenvalue weighted by molar-refractivity contribution is 5.97. The summed E-state index contributed by atoms with van der Waals surface area (Å²) < 4.78 is 6.52. The average molecular weight is 517 g/mol. The lowest BCUT2D eigenvalue weighted by Gasteiger charge is -2.31. The lowest BCUT2D eigenvalue weighted by molar-refractivity contribution is 0.456. The van der Waals surface area contributed by atoms with Gasteiger partial charge in [0.2, 0.25) is 12.2 Å². The molecule has 5 nitrogen and oxygen atoms in total. The van der Waals surface area contributed by atoms with Crippen LogP contribution in [0.25, 0.3) is 32.7 Å². The van der Waals surface area contributed by atoms with Crippen molar-refractivity contribution < 1.29 is 14.3 Å². The van der Waals surface area contributed by atoms with Crippen LogP contribution in [0.1, 0.15) is 22.6 Å². The predicted octanol–water partition coefficient (Wildman–Crippen LogP) is 8.88. The second kappa shape index (κ2) is 9.61. The van der Waals surface area contributed by atoms with E-state index in [1.807, 2.05) is 78.9 Å². The van der Waals surface area contributed by atoms with Crippen LogP contribution in [-0.4, -0.2) is 12.2 Å². The number of aliphatic imine (C=N–C) groups is 2. The highest BCUT2D eigenvalue weighted by Gasteiger charge is 2.32. The Hall–Kier alpha value is -5.60. The zero-order chi connectivity index (χ0) is 27.1. The Morgan fingerprint density at radius 3 is 1.60 bits per heavy atom. The molecule has 0 aromatic heterocycles. The third kappa shape index (κ3) is 3.91. The minimum absolute atomic E-state index is 0.142. The van der Waals surface area contributed by atoms with E-state index in [1.54, 1.807) is 12.2 Å². The van der Waals surface area contributed by atoms with Crippen LogP contribution < -0.4 is 4.74 Å². The molecule has 0 atom stereocenters. The highest BCUT2D eigenvalue weighted by Crippen LogP contribution is 2.52. The van der Waals surface area contributed by atoms with Crippen molar-refractivity contribution in [2.24, 2.45) is 9.98 Å². The normalized spacial score (nSPS) is 13.4. The van der Waals surface area contributed by atoms with Gasteiger partial charge in [-0.15, -0.1) is 0 Å². The second-order valence-corrected chi connectivity index (χ2v) is 9.69. The first-order chi connectivity index (χ1) is 19.7. The van der Waals surface area contributed by atoms with Crippen molar-refractivity contribution in [3.8, 4) is 22.6 Å². The van der Waals surface area contributed by atoms with Gasteiger partial charge in [0.1, 0.15) is 11.5 Å². The Labute approximate surface area is 229 Å². The van der Waals surface area contributed by atoms with Crippen LogP contribution in [0.15, 0.2) is 125 Å². The van der Waals surface area contributed by atoms with Crippen molar-refractivity contribution in [3.05, 3.63) is 132 Å². The summed E-state index contributed by atoms with van der Waals surface area (Å²) in [4.78, 5) is 29.4. The molecule has 1 aliphatic heterocycles. The Bertz CT molecular complexity index is 1930. The third-order valence-electron chi connectivity index (χ3n) is 7.51. The maximum Gasteiger partial charge on any atom is 0.240 e. The average Bonchev–Trinajstić information content (AvgIpc) is 3.00. The van der Waals surface area contributed by atoms with Crippen molar-refractivity contribution in [3.63, 3.8) is 0 Å². The van der Waals surface area contributed by atoms with E-state index in [-0.39, 0.29) is 5.92 Å². The lowest BCUT2D eigenvalue weighted by Crippen LogP contribution is -2.13. The molecule has 0 aliphatic carbocycles. The summed E-state index contributed by atoms with van der Waals surface area (Å²) in [5.41, 5.74) is 6.61. The van der Waals surface area contributed by atoms with Crippen molar-refractivity contribution in [2.45, 2.75) is 5.92 Å². The van der Waals surface area contributed by atoms with Gasteiger partial charge in [-0.25, -0.2) is 9.59 Å². The summed E-state index contributed by atoms with van der Waals surface area (Å²) >= 11 is 0. The summed E-state index contributed by atoms with van der Waals surface area (Å²) in [5.74, 6) is 1.42. The van der Waals surface area contributed by atoms with E-state index in [0.717, 1.165) is 60.9 Å². The Morgan fingerprint density at radius 1 is 0.550 bits per heavy atom. The largest absolute Gasteiger partial charge is 0.457 e. The minimum atomic E-state index is -0.142. The maximum atomic E-state index is 10.9. The first-order valence-corrected chi connectivity index (χ1v) is 12.9. The Kier molecular flexibility index (Phi) is 5.65. The van der Waals surface area contributed by atoms with Crippen molar-refractivity contribution >= 4 is 45.1 Å². The van der Waals surface area contributed by atoms with Gasteiger partial charge in [0, 0.05) is 17.0 Å². The monoisotopic (exact) mass is 516 g/mol. The van der Waals surface area contributed by atoms with Gasteiger partial charge in [-0.05, 0) is 74.6 Å². The van der Waals surface area contributed by atoms with Gasteiger partial charge in [-0.1, -0.05) is 78.9 Å². The molecule has 40 heavy (non-hydrogen) atoms. The molecule has 5 heteroatoms. The van der Waals surface area contributed by atoms with Crippen molar-refractivity contribution in [2.75, 3.05) is 0 Å². The zero-order valence-corrected chi connectivity index (χ0v) is 21.2. The quantitative estimate of drug-likeness (QED) is 0.173. The fourth-order valence-electron chi connectivity index (χ4n) is 5.76. The number of hydrogen-bond acceptors (Lipinski definition) is 5. The van der Waals surface area contributed by atoms with Gasteiger partial charge >= 0.3 is 0 Å².